The van der Waals surface area contributed by atoms with E-state index >= 15 is 0 Å². The van der Waals surface area contributed by atoms with Gasteiger partial charge in [0.05, 0.1) is 5.69 Å². The Morgan fingerprint density at radius 2 is 2.06 bits per heavy atom. The molecule has 32 heavy (non-hydrogen) atoms. The van der Waals surface area contributed by atoms with Gasteiger partial charge in [0.25, 0.3) is 5.56 Å². The van der Waals surface area contributed by atoms with E-state index in [-0.39, 0.29) is 46.8 Å². The predicted octanol–water partition coefficient (Wildman–Crippen LogP) is 2.03. The molecule has 3 N–H and O–H groups in total. The van der Waals surface area contributed by atoms with E-state index in [1.807, 2.05) is 18.4 Å². The zero-order chi connectivity index (χ0) is 23.0. The number of hydrogen-bond donors (Lipinski definition) is 3. The molecule has 1 aliphatic heterocycles. The fraction of sp³-hybridized carbons (Fsp3) is 0.391. The van der Waals surface area contributed by atoms with Crippen molar-refractivity contribution >= 4 is 34.9 Å². The van der Waals surface area contributed by atoms with Crippen molar-refractivity contribution in [2.45, 2.75) is 42.5 Å². The second kappa shape index (κ2) is 6.79. The number of carboxylic acid groups (broad SMARTS) is 1. The number of thioether (sulfide) groups is 1. The van der Waals surface area contributed by atoms with Crippen molar-refractivity contribution in [3.05, 3.63) is 62.8 Å². The number of carbonyl (C=O) groups excluding carboxylic acids is 1. The van der Waals surface area contributed by atoms with Crippen LogP contribution in [0.2, 0.25) is 0 Å². The Labute approximate surface area is 188 Å². The molecule has 0 unspecified atom stereocenters. The number of para-hydroxylation sites is 1. The second-order valence-corrected chi connectivity index (χ2v) is 9.50. The van der Waals surface area contributed by atoms with E-state index in [0.29, 0.717) is 22.7 Å². The molecule has 2 aromatic rings. The Hall–Kier alpha value is -2.91. The van der Waals surface area contributed by atoms with E-state index in [1.54, 1.807) is 26.1 Å². The van der Waals surface area contributed by atoms with Crippen LogP contribution >= 0.6 is 11.8 Å². The maximum atomic E-state index is 13.9. The predicted molar refractivity (Wildman–Crippen MR) is 121 cm³/mol. The highest BCUT2D eigenvalue weighted by Gasteiger charge is 2.71. The summed E-state index contributed by atoms with van der Waals surface area (Å²) in [5.41, 5.74) is -1.19. The van der Waals surface area contributed by atoms with Crippen LogP contribution in [0, 0.1) is 0 Å². The molecule has 0 radical (unpaired) electrons. The molecule has 3 atom stereocenters. The van der Waals surface area contributed by atoms with E-state index in [0.717, 1.165) is 0 Å². The molecular weight excluding hydrogens is 430 g/mol. The largest absolute Gasteiger partial charge is 0.478 e. The minimum Gasteiger partial charge on any atom is -0.478 e. The van der Waals surface area contributed by atoms with Gasteiger partial charge in [0, 0.05) is 41.2 Å². The van der Waals surface area contributed by atoms with Crippen LogP contribution in [0.3, 0.4) is 0 Å². The molecule has 1 aromatic carbocycles. The fourth-order valence-electron chi connectivity index (χ4n) is 5.97. The number of nitrogens with one attached hydrogen (secondary N) is 1. The summed E-state index contributed by atoms with van der Waals surface area (Å²) in [6.07, 6.45) is 2.03. The zero-order valence-corrected chi connectivity index (χ0v) is 18.7. The maximum absolute atomic E-state index is 13.9. The summed E-state index contributed by atoms with van der Waals surface area (Å²) >= 11 is 1.42. The highest BCUT2D eigenvalue weighted by Crippen LogP contribution is 2.65. The number of anilines is 1. The third kappa shape index (κ3) is 2.27. The lowest BCUT2D eigenvalue weighted by molar-refractivity contribution is -0.133. The van der Waals surface area contributed by atoms with E-state index < -0.39 is 22.9 Å². The van der Waals surface area contributed by atoms with Crippen molar-refractivity contribution in [1.29, 1.82) is 0 Å². The molecule has 0 fully saturated rings. The Kier molecular flexibility index (Phi) is 4.45. The highest BCUT2D eigenvalue weighted by atomic mass is 32.2. The van der Waals surface area contributed by atoms with E-state index in [9.17, 15) is 24.6 Å². The number of likely N-dealkylation sites (N-methyl/N-ethyl adjacent to an activating group) is 1. The molecule has 0 saturated carbocycles. The van der Waals surface area contributed by atoms with Crippen LogP contribution in [0.5, 0.6) is 0 Å². The number of carbonyl (C=O) groups is 2. The molecule has 0 bridgehead atoms. The Balaban J connectivity index is 1.93. The lowest BCUT2D eigenvalue weighted by Crippen LogP contribution is -2.62. The first-order valence-electron chi connectivity index (χ1n) is 10.4. The van der Waals surface area contributed by atoms with Crippen molar-refractivity contribution in [1.82, 2.24) is 9.97 Å². The number of H-pyrrole nitrogens is 1. The number of aromatic amines is 1. The summed E-state index contributed by atoms with van der Waals surface area (Å²) in [4.78, 5) is 47.9. The van der Waals surface area contributed by atoms with Crippen LogP contribution in [0.15, 0.2) is 34.6 Å². The quantitative estimate of drug-likeness (QED) is 0.650. The summed E-state index contributed by atoms with van der Waals surface area (Å²) in [5, 5.41) is 22.3. The number of hydrogen-bond acceptors (Lipinski definition) is 6. The number of carboxylic acids is 1. The van der Waals surface area contributed by atoms with Crippen molar-refractivity contribution in [2.24, 2.45) is 0 Å². The fourth-order valence-corrected chi connectivity index (χ4v) is 6.44. The number of aliphatic carboxylic acids is 1. The lowest BCUT2D eigenvalue weighted by Gasteiger charge is -2.50. The molecule has 0 saturated heterocycles. The SMILES string of the molecule is CSCc1nc2c([nH]c1=O)[C@@H](C)[C@@]1(C(=O)N(C)c3ccccc31)[C@]1(O)CCC(C(=O)O)=C21. The van der Waals surface area contributed by atoms with Crippen LogP contribution in [0.25, 0.3) is 5.57 Å². The highest BCUT2D eigenvalue weighted by molar-refractivity contribution is 7.97. The minimum atomic E-state index is -1.77. The summed E-state index contributed by atoms with van der Waals surface area (Å²) in [6.45, 7) is 1.80. The topological polar surface area (TPSA) is 124 Å². The lowest BCUT2D eigenvalue weighted by atomic mass is 9.54. The van der Waals surface area contributed by atoms with E-state index in [2.05, 4.69) is 9.97 Å². The third-order valence-corrected chi connectivity index (χ3v) is 7.87. The first-order chi connectivity index (χ1) is 15.2. The van der Waals surface area contributed by atoms with Gasteiger partial charge in [0.15, 0.2) is 0 Å². The molecule has 2 heterocycles. The van der Waals surface area contributed by atoms with Gasteiger partial charge in [-0.1, -0.05) is 25.1 Å². The number of fused-ring (bicyclic) bond motifs is 6. The Morgan fingerprint density at radius 1 is 1.34 bits per heavy atom. The molecule has 1 aromatic heterocycles. The first kappa shape index (κ1) is 21.0. The monoisotopic (exact) mass is 453 g/mol. The zero-order valence-electron chi connectivity index (χ0n) is 17.9. The molecule has 5 rings (SSSR count). The van der Waals surface area contributed by atoms with Crippen LogP contribution < -0.4 is 10.5 Å². The number of aromatic nitrogens is 2. The summed E-state index contributed by atoms with van der Waals surface area (Å²) in [6, 6.07) is 7.24. The van der Waals surface area contributed by atoms with Crippen LogP contribution in [-0.2, 0) is 20.8 Å². The van der Waals surface area contributed by atoms with Crippen molar-refractivity contribution < 1.29 is 19.8 Å². The molecular formula is C23H23N3O5S. The smallest absolute Gasteiger partial charge is 0.332 e. The third-order valence-electron chi connectivity index (χ3n) is 7.31. The van der Waals surface area contributed by atoms with Gasteiger partial charge in [-0.25, -0.2) is 9.78 Å². The summed E-state index contributed by atoms with van der Waals surface area (Å²) in [5.74, 6) is -1.77. The number of rotatable bonds is 3. The number of aliphatic hydroxyl groups is 1. The van der Waals surface area contributed by atoms with Gasteiger partial charge in [-0.3, -0.25) is 9.59 Å². The molecule has 1 amide bonds. The minimum absolute atomic E-state index is 0.0366. The normalized spacial score (nSPS) is 28.2. The van der Waals surface area contributed by atoms with Crippen molar-refractivity contribution in [2.75, 3.05) is 18.2 Å². The van der Waals surface area contributed by atoms with Crippen molar-refractivity contribution in [3.8, 4) is 0 Å². The average Bonchev–Trinajstić information content (AvgIpc) is 3.23. The van der Waals surface area contributed by atoms with Crippen molar-refractivity contribution in [3.63, 3.8) is 0 Å². The van der Waals surface area contributed by atoms with E-state index in [4.69, 9.17) is 0 Å². The van der Waals surface area contributed by atoms with Gasteiger partial charge in [-0.2, -0.15) is 11.8 Å². The van der Waals surface area contributed by atoms with Gasteiger partial charge >= 0.3 is 5.97 Å². The Bertz CT molecular complexity index is 1280. The molecule has 8 nitrogen and oxygen atoms in total. The van der Waals surface area contributed by atoms with Crippen LogP contribution in [0.4, 0.5) is 5.69 Å². The van der Waals surface area contributed by atoms with Crippen LogP contribution in [0.1, 0.15) is 48.3 Å². The molecule has 3 aliphatic rings. The number of benzene rings is 1. The van der Waals surface area contributed by atoms with Gasteiger partial charge in [-0.05, 0) is 30.7 Å². The molecule has 9 heteroatoms. The molecule has 1 spiro atoms. The van der Waals surface area contributed by atoms with E-state index in [1.165, 1.54) is 16.7 Å². The summed E-state index contributed by atoms with van der Waals surface area (Å²) < 4.78 is 0. The van der Waals surface area contributed by atoms with Gasteiger partial charge in [0.2, 0.25) is 5.91 Å². The number of amides is 1. The molecule has 166 valence electrons. The second-order valence-electron chi connectivity index (χ2n) is 8.64. The maximum Gasteiger partial charge on any atom is 0.332 e. The Morgan fingerprint density at radius 3 is 2.75 bits per heavy atom. The standard InChI is InChI=1S/C23H23N3O5S/c1-11-17-18(24-14(10-32-3)19(27)25-17)16-12(20(28)29)8-9-22(16,31)23(11)13-6-4-5-7-15(13)26(2)21(23)30/h4-7,11,31H,8-10H2,1-3H3,(H,25,27)(H,28,29)/t11-,22+,23-/m1/s1. The van der Waals surface area contributed by atoms with Crippen LogP contribution in [-0.4, -0.2) is 51.0 Å². The number of nitrogens with zero attached hydrogens (tertiary/aromatic N) is 2. The summed E-state index contributed by atoms with van der Waals surface area (Å²) in [7, 11) is 1.65. The van der Waals surface area contributed by atoms with Gasteiger partial charge in [-0.15, -0.1) is 0 Å². The first-order valence-corrected chi connectivity index (χ1v) is 11.8. The van der Waals surface area contributed by atoms with Gasteiger partial charge < -0.3 is 20.1 Å². The van der Waals surface area contributed by atoms with Gasteiger partial charge in [0.1, 0.15) is 16.7 Å². The molecule has 2 aliphatic carbocycles. The average molecular weight is 454 g/mol.